The van der Waals surface area contributed by atoms with E-state index < -0.39 is 10.0 Å². The van der Waals surface area contributed by atoms with Gasteiger partial charge in [0, 0.05) is 24.2 Å². The van der Waals surface area contributed by atoms with Crippen molar-refractivity contribution >= 4 is 21.6 Å². The van der Waals surface area contributed by atoms with E-state index in [0.717, 1.165) is 25.8 Å². The summed E-state index contributed by atoms with van der Waals surface area (Å²) < 4.78 is 39.1. The molecule has 2 atom stereocenters. The van der Waals surface area contributed by atoms with E-state index in [-0.39, 0.29) is 23.6 Å². The molecule has 8 heteroatoms. The molecular formula is C23H26N2O5S. The van der Waals surface area contributed by atoms with E-state index in [4.69, 9.17) is 9.47 Å². The van der Waals surface area contributed by atoms with E-state index in [1.54, 1.807) is 30.3 Å². The van der Waals surface area contributed by atoms with Crippen molar-refractivity contribution in [1.29, 1.82) is 0 Å². The molecule has 1 amide bonds. The van der Waals surface area contributed by atoms with E-state index in [1.807, 2.05) is 4.90 Å². The predicted molar refractivity (Wildman–Crippen MR) is 116 cm³/mol. The summed E-state index contributed by atoms with van der Waals surface area (Å²) in [5, 5.41) is 0. The number of nitrogens with one attached hydrogen (secondary N) is 1. The van der Waals surface area contributed by atoms with Crippen LogP contribution in [-0.2, 0) is 10.0 Å². The summed E-state index contributed by atoms with van der Waals surface area (Å²) in [6.45, 7) is 0.862. The van der Waals surface area contributed by atoms with Crippen LogP contribution in [0.4, 0.5) is 5.69 Å². The molecule has 2 aliphatic heterocycles. The van der Waals surface area contributed by atoms with Crippen molar-refractivity contribution in [3.8, 4) is 11.5 Å². The molecule has 0 aromatic heterocycles. The molecule has 31 heavy (non-hydrogen) atoms. The number of likely N-dealkylation sites (tertiary alicyclic amines) is 1. The molecule has 1 aliphatic carbocycles. The number of hydrogen-bond donors (Lipinski definition) is 1. The van der Waals surface area contributed by atoms with Gasteiger partial charge in [-0.2, -0.15) is 0 Å². The van der Waals surface area contributed by atoms with Crippen LogP contribution in [-0.4, -0.2) is 38.6 Å². The van der Waals surface area contributed by atoms with Gasteiger partial charge in [0.25, 0.3) is 15.9 Å². The molecule has 0 bridgehead atoms. The minimum atomic E-state index is -3.86. The minimum Gasteiger partial charge on any atom is -0.454 e. The van der Waals surface area contributed by atoms with Gasteiger partial charge >= 0.3 is 0 Å². The first-order valence-corrected chi connectivity index (χ1v) is 12.3. The van der Waals surface area contributed by atoms with Crippen LogP contribution in [0.5, 0.6) is 11.5 Å². The number of piperidine rings is 1. The number of carbonyl (C=O) groups excluding carboxylic acids is 1. The van der Waals surface area contributed by atoms with Crippen LogP contribution in [0.2, 0.25) is 0 Å². The topological polar surface area (TPSA) is 84.9 Å². The lowest BCUT2D eigenvalue weighted by molar-refractivity contribution is 0.0390. The van der Waals surface area contributed by atoms with Crippen molar-refractivity contribution in [3.05, 3.63) is 48.0 Å². The number of sulfonamides is 1. The average Bonchev–Trinajstić information content (AvgIpc) is 3.26. The number of nitrogens with zero attached hydrogens (tertiary/aromatic N) is 1. The first-order chi connectivity index (χ1) is 15.0. The van der Waals surface area contributed by atoms with E-state index in [2.05, 4.69) is 4.72 Å². The summed E-state index contributed by atoms with van der Waals surface area (Å²) in [4.78, 5) is 15.3. The van der Waals surface area contributed by atoms with Crippen LogP contribution >= 0.6 is 0 Å². The van der Waals surface area contributed by atoms with Crippen LogP contribution in [0.3, 0.4) is 0 Å². The molecule has 0 radical (unpaired) electrons. The van der Waals surface area contributed by atoms with Crippen molar-refractivity contribution in [1.82, 2.24) is 4.90 Å². The molecule has 1 saturated carbocycles. The third-order valence-electron chi connectivity index (χ3n) is 6.52. The number of rotatable bonds is 4. The Morgan fingerprint density at radius 3 is 2.68 bits per heavy atom. The summed E-state index contributed by atoms with van der Waals surface area (Å²) in [7, 11) is -3.86. The Bertz CT molecular complexity index is 1100. The number of anilines is 1. The molecule has 5 rings (SSSR count). The number of carbonyl (C=O) groups is 1. The van der Waals surface area contributed by atoms with Crippen LogP contribution in [0.15, 0.2) is 47.4 Å². The first kappa shape index (κ1) is 20.2. The number of fused-ring (bicyclic) bond motifs is 2. The lowest BCUT2D eigenvalue weighted by atomic mass is 9.78. The molecule has 2 fully saturated rings. The summed E-state index contributed by atoms with van der Waals surface area (Å²) in [6.07, 6.45) is 6.81. The second-order valence-electron chi connectivity index (χ2n) is 8.45. The Balaban J connectivity index is 1.37. The summed E-state index contributed by atoms with van der Waals surface area (Å²) in [6, 6.07) is 11.5. The van der Waals surface area contributed by atoms with Gasteiger partial charge in [0.05, 0.1) is 10.6 Å². The van der Waals surface area contributed by atoms with E-state index in [0.29, 0.717) is 28.7 Å². The second kappa shape index (κ2) is 8.07. The Labute approximate surface area is 182 Å². The third kappa shape index (κ3) is 3.96. The molecule has 2 heterocycles. The monoisotopic (exact) mass is 442 g/mol. The van der Waals surface area contributed by atoms with E-state index in [1.165, 1.54) is 31.4 Å². The second-order valence-corrected chi connectivity index (χ2v) is 10.1. The number of ether oxygens (including phenoxy) is 2. The molecule has 3 aliphatic rings. The third-order valence-corrected chi connectivity index (χ3v) is 7.90. The van der Waals surface area contributed by atoms with Crippen molar-refractivity contribution < 1.29 is 22.7 Å². The Morgan fingerprint density at radius 1 is 0.968 bits per heavy atom. The fraction of sp³-hybridized carbons (Fsp3) is 0.435. The van der Waals surface area contributed by atoms with Gasteiger partial charge in [-0.15, -0.1) is 0 Å². The van der Waals surface area contributed by atoms with Crippen LogP contribution < -0.4 is 14.2 Å². The largest absolute Gasteiger partial charge is 0.454 e. The lowest BCUT2D eigenvalue weighted by Gasteiger charge is -2.44. The van der Waals surface area contributed by atoms with Crippen molar-refractivity contribution in [3.63, 3.8) is 0 Å². The highest BCUT2D eigenvalue weighted by Gasteiger charge is 2.36. The number of hydrogen-bond acceptors (Lipinski definition) is 5. The van der Waals surface area contributed by atoms with Crippen LogP contribution in [0.1, 0.15) is 48.9 Å². The molecule has 7 nitrogen and oxygen atoms in total. The van der Waals surface area contributed by atoms with Gasteiger partial charge in [-0.25, -0.2) is 8.42 Å². The fourth-order valence-electron chi connectivity index (χ4n) is 5.01. The highest BCUT2D eigenvalue weighted by atomic mass is 32.2. The number of amides is 1. The highest BCUT2D eigenvalue weighted by molar-refractivity contribution is 7.92. The van der Waals surface area contributed by atoms with E-state index >= 15 is 0 Å². The molecular weight excluding hydrogens is 416 g/mol. The zero-order valence-corrected chi connectivity index (χ0v) is 18.1. The van der Waals surface area contributed by atoms with Gasteiger partial charge in [0.2, 0.25) is 6.79 Å². The molecule has 2 aromatic rings. The van der Waals surface area contributed by atoms with Gasteiger partial charge in [-0.1, -0.05) is 18.9 Å². The highest BCUT2D eigenvalue weighted by Crippen LogP contribution is 2.37. The average molecular weight is 443 g/mol. The first-order valence-electron chi connectivity index (χ1n) is 10.8. The summed E-state index contributed by atoms with van der Waals surface area (Å²) >= 11 is 0. The van der Waals surface area contributed by atoms with Gasteiger partial charge in [-0.3, -0.25) is 9.52 Å². The Kier molecular flexibility index (Phi) is 5.25. The molecule has 1 N–H and O–H groups in total. The maximum Gasteiger partial charge on any atom is 0.261 e. The number of benzene rings is 2. The smallest absolute Gasteiger partial charge is 0.261 e. The van der Waals surface area contributed by atoms with Gasteiger partial charge in [0.1, 0.15) is 0 Å². The Morgan fingerprint density at radius 2 is 1.77 bits per heavy atom. The predicted octanol–water partition coefficient (Wildman–Crippen LogP) is 4.01. The minimum absolute atomic E-state index is 0.0632. The summed E-state index contributed by atoms with van der Waals surface area (Å²) in [5.41, 5.74) is 0.793. The molecule has 164 valence electrons. The summed E-state index contributed by atoms with van der Waals surface area (Å²) in [5.74, 6) is 1.58. The van der Waals surface area contributed by atoms with Gasteiger partial charge < -0.3 is 14.4 Å². The van der Waals surface area contributed by atoms with Gasteiger partial charge in [0.15, 0.2) is 11.5 Å². The maximum atomic E-state index is 13.3. The molecule has 0 unspecified atom stereocenters. The van der Waals surface area contributed by atoms with Gasteiger partial charge in [-0.05, 0) is 61.9 Å². The fourth-order valence-corrected chi connectivity index (χ4v) is 6.11. The zero-order chi connectivity index (χ0) is 21.4. The van der Waals surface area contributed by atoms with Crippen molar-refractivity contribution in [2.45, 2.75) is 49.5 Å². The normalized spacial score (nSPS) is 22.6. The molecule has 1 saturated heterocycles. The standard InChI is InChI=1S/C23H26N2O5S/c26-23(25-12-4-7-16-5-1-2-9-20(16)25)17-6-3-8-19(13-17)31(27,28)24-18-10-11-21-22(14-18)30-15-29-21/h3,6,8,10-11,13-14,16,20,24H,1-2,4-5,7,9,12,15H2/t16-,20-/m0/s1. The Hall–Kier alpha value is -2.74. The van der Waals surface area contributed by atoms with Crippen molar-refractivity contribution in [2.75, 3.05) is 18.1 Å². The SMILES string of the molecule is O=C(c1cccc(S(=O)(=O)Nc2ccc3c(c2)OCO3)c1)N1CCC[C@@H]2CCCC[C@@H]21. The maximum absolute atomic E-state index is 13.3. The molecule has 2 aromatic carbocycles. The van der Waals surface area contributed by atoms with Crippen LogP contribution in [0.25, 0.3) is 0 Å². The van der Waals surface area contributed by atoms with Crippen molar-refractivity contribution in [2.24, 2.45) is 5.92 Å². The lowest BCUT2D eigenvalue weighted by Crippen LogP contribution is -2.49. The molecule has 0 spiro atoms. The quantitative estimate of drug-likeness (QED) is 0.773. The van der Waals surface area contributed by atoms with E-state index in [9.17, 15) is 13.2 Å². The van der Waals surface area contributed by atoms with Crippen LogP contribution in [0, 0.1) is 5.92 Å². The zero-order valence-electron chi connectivity index (χ0n) is 17.2.